The Hall–Kier alpha value is -0.550. The van der Waals surface area contributed by atoms with E-state index in [2.05, 4.69) is 43.0 Å². The van der Waals surface area contributed by atoms with Crippen LogP contribution in [0.15, 0.2) is 29.2 Å². The van der Waals surface area contributed by atoms with Crippen LogP contribution in [0.25, 0.3) is 0 Å². The monoisotopic (exact) mass is 297 g/mol. The van der Waals surface area contributed by atoms with Crippen molar-refractivity contribution in [2.24, 2.45) is 5.41 Å². The Balaban J connectivity index is 2.55. The molecule has 0 aliphatic carbocycles. The highest BCUT2D eigenvalue weighted by Crippen LogP contribution is 2.23. The molecule has 0 fully saturated rings. The highest BCUT2D eigenvalue weighted by atomic mass is 32.2. The molecule has 0 saturated carbocycles. The van der Waals surface area contributed by atoms with Crippen molar-refractivity contribution in [3.05, 3.63) is 29.8 Å². The van der Waals surface area contributed by atoms with Gasteiger partial charge in [0.05, 0.1) is 13.2 Å². The van der Waals surface area contributed by atoms with Gasteiger partial charge in [0.1, 0.15) is 0 Å². The molecule has 2 N–H and O–H groups in total. The van der Waals surface area contributed by atoms with Crippen molar-refractivity contribution >= 4 is 11.8 Å². The number of hydrogen-bond acceptors (Lipinski definition) is 4. The molecule has 0 spiro atoms. The first-order valence-electron chi connectivity index (χ1n) is 7.04. The maximum atomic E-state index is 9.33. The summed E-state index contributed by atoms with van der Waals surface area (Å²) >= 11 is 1.86. The number of hydrogen-bond donors (Lipinski definition) is 2. The van der Waals surface area contributed by atoms with Gasteiger partial charge in [0.15, 0.2) is 0 Å². The summed E-state index contributed by atoms with van der Waals surface area (Å²) in [6, 6.07) is 8.61. The fraction of sp³-hybridized carbons (Fsp3) is 0.625. The van der Waals surface area contributed by atoms with Gasteiger partial charge >= 0.3 is 0 Å². The summed E-state index contributed by atoms with van der Waals surface area (Å²) in [4.78, 5) is 3.43. The summed E-state index contributed by atoms with van der Waals surface area (Å²) in [5, 5.41) is 19.3. The first-order valence-corrected chi connectivity index (χ1v) is 7.92. The third-order valence-electron chi connectivity index (χ3n) is 3.16. The Bertz CT molecular complexity index is 388. The second kappa shape index (κ2) is 8.03. The predicted octanol–water partition coefficient (Wildman–Crippen LogP) is 2.61. The van der Waals surface area contributed by atoms with E-state index in [0.717, 1.165) is 6.54 Å². The van der Waals surface area contributed by atoms with Crippen molar-refractivity contribution in [2.75, 3.05) is 26.8 Å². The lowest BCUT2D eigenvalue weighted by molar-refractivity contribution is 0.0402. The van der Waals surface area contributed by atoms with Crippen molar-refractivity contribution in [1.82, 2.24) is 4.90 Å². The SMILES string of the molecule is CC(C)Sc1ccc(CN(C)CC(C)(CO)CO)cc1. The Morgan fingerprint density at radius 1 is 1.15 bits per heavy atom. The zero-order chi connectivity index (χ0) is 15.2. The Morgan fingerprint density at radius 3 is 2.15 bits per heavy atom. The fourth-order valence-electron chi connectivity index (χ4n) is 2.11. The van der Waals surface area contributed by atoms with E-state index in [4.69, 9.17) is 0 Å². The van der Waals surface area contributed by atoms with Crippen LogP contribution in [0.2, 0.25) is 0 Å². The van der Waals surface area contributed by atoms with Crippen molar-refractivity contribution in [2.45, 2.75) is 37.5 Å². The van der Waals surface area contributed by atoms with Gasteiger partial charge in [0.2, 0.25) is 0 Å². The molecule has 0 heterocycles. The summed E-state index contributed by atoms with van der Waals surface area (Å²) in [7, 11) is 2.01. The molecule has 0 radical (unpaired) electrons. The molecule has 1 aromatic carbocycles. The maximum absolute atomic E-state index is 9.33. The number of benzene rings is 1. The molecular weight excluding hydrogens is 270 g/mol. The van der Waals surface area contributed by atoms with Crippen molar-refractivity contribution < 1.29 is 10.2 Å². The second-order valence-electron chi connectivity index (χ2n) is 6.11. The molecule has 0 aromatic heterocycles. The normalized spacial score (nSPS) is 12.4. The first-order chi connectivity index (χ1) is 9.38. The molecule has 1 rings (SSSR count). The van der Waals surface area contributed by atoms with Gasteiger partial charge in [-0.2, -0.15) is 0 Å². The summed E-state index contributed by atoms with van der Waals surface area (Å²) in [5.74, 6) is 0. The van der Waals surface area contributed by atoms with Crippen LogP contribution >= 0.6 is 11.8 Å². The van der Waals surface area contributed by atoms with E-state index in [9.17, 15) is 10.2 Å². The minimum Gasteiger partial charge on any atom is -0.396 e. The molecule has 0 unspecified atom stereocenters. The number of rotatable bonds is 8. The molecule has 0 saturated heterocycles. The van der Waals surface area contributed by atoms with E-state index in [0.29, 0.717) is 11.8 Å². The lowest BCUT2D eigenvalue weighted by Gasteiger charge is -2.30. The average Bonchev–Trinajstić information content (AvgIpc) is 2.40. The Kier molecular flexibility index (Phi) is 7.03. The molecule has 20 heavy (non-hydrogen) atoms. The van der Waals surface area contributed by atoms with E-state index >= 15 is 0 Å². The molecule has 0 amide bonds. The highest BCUT2D eigenvalue weighted by molar-refractivity contribution is 7.99. The van der Waals surface area contributed by atoms with Crippen molar-refractivity contribution in [3.63, 3.8) is 0 Å². The van der Waals surface area contributed by atoms with E-state index in [1.807, 2.05) is 25.7 Å². The van der Waals surface area contributed by atoms with Gasteiger partial charge in [-0.05, 0) is 24.7 Å². The molecule has 0 atom stereocenters. The topological polar surface area (TPSA) is 43.7 Å². The molecule has 114 valence electrons. The van der Waals surface area contributed by atoms with E-state index in [-0.39, 0.29) is 13.2 Å². The van der Waals surface area contributed by atoms with Gasteiger partial charge in [-0.25, -0.2) is 0 Å². The average molecular weight is 297 g/mol. The minimum atomic E-state index is -0.442. The van der Waals surface area contributed by atoms with Crippen molar-refractivity contribution in [3.8, 4) is 0 Å². The van der Waals surface area contributed by atoms with E-state index in [1.54, 1.807) is 0 Å². The molecule has 0 aliphatic rings. The van der Waals surface area contributed by atoms with Gasteiger partial charge in [-0.3, -0.25) is 0 Å². The number of aliphatic hydroxyl groups excluding tert-OH is 2. The molecule has 0 aliphatic heterocycles. The zero-order valence-electron chi connectivity index (χ0n) is 13.0. The molecular formula is C16H27NO2S. The summed E-state index contributed by atoms with van der Waals surface area (Å²) in [6.45, 7) is 7.76. The van der Waals surface area contributed by atoms with Crippen LogP contribution in [0.3, 0.4) is 0 Å². The van der Waals surface area contributed by atoms with Crippen LogP contribution in [-0.2, 0) is 6.54 Å². The zero-order valence-corrected chi connectivity index (χ0v) is 13.8. The van der Waals surface area contributed by atoms with Crippen LogP contribution in [0.1, 0.15) is 26.3 Å². The van der Waals surface area contributed by atoms with Crippen LogP contribution in [-0.4, -0.2) is 47.2 Å². The highest BCUT2D eigenvalue weighted by Gasteiger charge is 2.24. The smallest absolute Gasteiger partial charge is 0.0519 e. The number of nitrogens with zero attached hydrogens (tertiary/aromatic N) is 1. The van der Waals surface area contributed by atoms with Crippen LogP contribution in [0.5, 0.6) is 0 Å². The van der Waals surface area contributed by atoms with Crippen LogP contribution in [0.4, 0.5) is 0 Å². The van der Waals surface area contributed by atoms with E-state index < -0.39 is 5.41 Å². The van der Waals surface area contributed by atoms with Crippen LogP contribution in [0, 0.1) is 5.41 Å². The van der Waals surface area contributed by atoms with Gasteiger partial charge < -0.3 is 15.1 Å². The molecule has 4 heteroatoms. The van der Waals surface area contributed by atoms with Gasteiger partial charge in [0.25, 0.3) is 0 Å². The predicted molar refractivity (Wildman–Crippen MR) is 86.0 cm³/mol. The third kappa shape index (κ3) is 5.83. The van der Waals surface area contributed by atoms with Crippen molar-refractivity contribution in [1.29, 1.82) is 0 Å². The Morgan fingerprint density at radius 2 is 1.70 bits per heavy atom. The number of thioether (sulfide) groups is 1. The first kappa shape index (κ1) is 17.5. The summed E-state index contributed by atoms with van der Waals surface area (Å²) in [5.41, 5.74) is 0.807. The molecule has 0 bridgehead atoms. The summed E-state index contributed by atoms with van der Waals surface area (Å²) < 4.78 is 0. The molecule has 1 aromatic rings. The second-order valence-corrected chi connectivity index (χ2v) is 7.76. The number of aliphatic hydroxyl groups is 2. The minimum absolute atomic E-state index is 0.00218. The van der Waals surface area contributed by atoms with Gasteiger partial charge in [-0.1, -0.05) is 32.9 Å². The largest absolute Gasteiger partial charge is 0.396 e. The van der Waals surface area contributed by atoms with Gasteiger partial charge in [0, 0.05) is 28.6 Å². The van der Waals surface area contributed by atoms with Crippen LogP contribution < -0.4 is 0 Å². The lowest BCUT2D eigenvalue weighted by Crippen LogP contribution is -2.38. The van der Waals surface area contributed by atoms with E-state index in [1.165, 1.54) is 10.5 Å². The fourth-order valence-corrected chi connectivity index (χ4v) is 2.95. The van der Waals surface area contributed by atoms with Gasteiger partial charge in [-0.15, -0.1) is 11.8 Å². The lowest BCUT2D eigenvalue weighted by atomic mass is 9.92. The maximum Gasteiger partial charge on any atom is 0.0519 e. The summed E-state index contributed by atoms with van der Waals surface area (Å²) in [6.07, 6.45) is 0. The standard InChI is InChI=1S/C16H27NO2S/c1-13(2)20-15-7-5-14(6-8-15)9-17(4)10-16(3,11-18)12-19/h5-8,13,18-19H,9-12H2,1-4H3. The third-order valence-corrected chi connectivity index (χ3v) is 4.18. The quantitative estimate of drug-likeness (QED) is 0.724. The molecule has 3 nitrogen and oxygen atoms in total. The Labute approximate surface area is 127 Å².